The van der Waals surface area contributed by atoms with Crippen LogP contribution >= 0.6 is 11.8 Å². The number of likely N-dealkylation sites (tertiary alicyclic amines) is 1. The molecule has 0 aromatic heterocycles. The van der Waals surface area contributed by atoms with E-state index in [9.17, 15) is 13.2 Å². The molecule has 2 aliphatic carbocycles. The molecule has 6 nitrogen and oxygen atoms in total. The van der Waals surface area contributed by atoms with Gasteiger partial charge in [-0.2, -0.15) is 11.8 Å². The molecule has 1 aromatic rings. The molecule has 2 fully saturated rings. The first-order valence-corrected chi connectivity index (χ1v) is 12.5. The van der Waals surface area contributed by atoms with Gasteiger partial charge in [0.1, 0.15) is 5.25 Å². The Bertz CT molecular complexity index is 864. The normalized spacial score (nSPS) is 21.9. The van der Waals surface area contributed by atoms with E-state index in [2.05, 4.69) is 21.0 Å². The number of aryl methyl sites for hydroxylation is 2. The molecule has 0 bridgehead atoms. The van der Waals surface area contributed by atoms with E-state index in [4.69, 9.17) is 0 Å². The molecule has 2 amide bonds. The van der Waals surface area contributed by atoms with Crippen LogP contribution in [0.1, 0.15) is 35.1 Å². The molecular formula is C19H25KN3O3S2. The van der Waals surface area contributed by atoms with E-state index in [0.29, 0.717) is 19.1 Å². The van der Waals surface area contributed by atoms with Crippen molar-refractivity contribution in [3.63, 3.8) is 0 Å². The smallest absolute Gasteiger partial charge is 0.307 e. The SMILES string of the molecule is O=C(Nc1c2c(cc3c1CCC3)CCC2)NS(=O)(=O)C1CN(C2CSC2)C1.[K]. The number of urea groups is 1. The first-order chi connectivity index (χ1) is 13.0. The quantitative estimate of drug-likeness (QED) is 0.686. The minimum absolute atomic E-state index is 0. The maximum absolute atomic E-state index is 12.6. The number of thioether (sulfide) groups is 1. The number of hydrogen-bond donors (Lipinski definition) is 2. The number of carbonyl (C=O) groups excluding carboxylic acids is 1. The molecule has 1 radical (unpaired) electrons. The van der Waals surface area contributed by atoms with Crippen molar-refractivity contribution in [1.29, 1.82) is 0 Å². The summed E-state index contributed by atoms with van der Waals surface area (Å²) in [6.07, 6.45) is 6.22. The molecule has 2 saturated heterocycles. The summed E-state index contributed by atoms with van der Waals surface area (Å²) in [6, 6.07) is 2.21. The Hall–Kier alpha value is 0.386. The summed E-state index contributed by atoms with van der Waals surface area (Å²) >= 11 is 1.89. The van der Waals surface area contributed by atoms with E-state index in [-0.39, 0.29) is 51.4 Å². The van der Waals surface area contributed by atoms with Gasteiger partial charge >= 0.3 is 6.03 Å². The molecule has 4 aliphatic rings. The van der Waals surface area contributed by atoms with Gasteiger partial charge in [-0.15, -0.1) is 0 Å². The monoisotopic (exact) mass is 446 g/mol. The van der Waals surface area contributed by atoms with Crippen molar-refractivity contribution >= 4 is 84.9 Å². The fourth-order valence-corrected chi connectivity index (χ4v) is 6.84. The molecule has 9 heteroatoms. The van der Waals surface area contributed by atoms with Gasteiger partial charge in [0.25, 0.3) is 0 Å². The number of anilines is 1. The van der Waals surface area contributed by atoms with Gasteiger partial charge in [0, 0.05) is 87.7 Å². The van der Waals surface area contributed by atoms with Gasteiger partial charge in [0.2, 0.25) is 10.0 Å². The summed E-state index contributed by atoms with van der Waals surface area (Å²) in [5.41, 5.74) is 5.94. The van der Waals surface area contributed by atoms with Crippen LogP contribution in [0.2, 0.25) is 0 Å². The predicted octanol–water partition coefficient (Wildman–Crippen LogP) is 1.53. The Labute approximate surface area is 213 Å². The van der Waals surface area contributed by atoms with E-state index in [0.717, 1.165) is 55.7 Å². The summed E-state index contributed by atoms with van der Waals surface area (Å²) in [7, 11) is -3.63. The number of nitrogens with zero attached hydrogens (tertiary/aromatic N) is 1. The fraction of sp³-hybridized carbons (Fsp3) is 0.632. The van der Waals surface area contributed by atoms with Gasteiger partial charge in [-0.05, 0) is 60.8 Å². The molecular weight excluding hydrogens is 421 g/mol. The number of fused-ring (bicyclic) bond motifs is 2. The van der Waals surface area contributed by atoms with Crippen LogP contribution in [0, 0.1) is 0 Å². The second-order valence-corrected chi connectivity index (χ2v) is 11.1. The first-order valence-electron chi connectivity index (χ1n) is 9.82. The second kappa shape index (κ2) is 8.49. The number of hydrogen-bond acceptors (Lipinski definition) is 5. The van der Waals surface area contributed by atoms with Crippen LogP contribution in [0.4, 0.5) is 10.5 Å². The van der Waals surface area contributed by atoms with Crippen LogP contribution in [0.3, 0.4) is 0 Å². The van der Waals surface area contributed by atoms with Crippen molar-refractivity contribution in [2.75, 3.05) is 29.9 Å². The molecule has 2 heterocycles. The Morgan fingerprint density at radius 1 is 1.04 bits per heavy atom. The molecule has 5 rings (SSSR count). The Balaban J connectivity index is 0.00000192. The third-order valence-corrected chi connectivity index (χ3v) is 9.29. The molecule has 0 spiro atoms. The summed E-state index contributed by atoms with van der Waals surface area (Å²) < 4.78 is 27.4. The van der Waals surface area contributed by atoms with E-state index in [1.807, 2.05) is 11.8 Å². The van der Waals surface area contributed by atoms with E-state index in [1.54, 1.807) is 0 Å². The Morgan fingerprint density at radius 2 is 1.64 bits per heavy atom. The van der Waals surface area contributed by atoms with E-state index >= 15 is 0 Å². The molecule has 0 atom stereocenters. The van der Waals surface area contributed by atoms with Crippen LogP contribution < -0.4 is 10.0 Å². The van der Waals surface area contributed by atoms with Gasteiger partial charge in [-0.3, -0.25) is 4.90 Å². The zero-order valence-electron chi connectivity index (χ0n) is 16.3. The van der Waals surface area contributed by atoms with Crippen molar-refractivity contribution in [3.05, 3.63) is 28.3 Å². The largest absolute Gasteiger partial charge is 0.332 e. The third kappa shape index (κ3) is 3.98. The first kappa shape index (κ1) is 21.6. The number of sulfonamides is 1. The number of amides is 2. The molecule has 0 unspecified atom stereocenters. The summed E-state index contributed by atoms with van der Waals surface area (Å²) in [5, 5.41) is 2.43. The molecule has 2 aliphatic heterocycles. The number of benzene rings is 1. The Morgan fingerprint density at radius 3 is 2.18 bits per heavy atom. The summed E-state index contributed by atoms with van der Waals surface area (Å²) in [6.45, 7) is 1.06. The zero-order chi connectivity index (χ0) is 18.6. The summed E-state index contributed by atoms with van der Waals surface area (Å²) in [5.74, 6) is 2.18. The maximum atomic E-state index is 12.6. The second-order valence-electron chi connectivity index (χ2n) is 8.10. The van der Waals surface area contributed by atoms with Gasteiger partial charge in [0.15, 0.2) is 0 Å². The van der Waals surface area contributed by atoms with Crippen LogP contribution in [0.5, 0.6) is 0 Å². The minimum Gasteiger partial charge on any atom is -0.307 e. The Kier molecular flexibility index (Phi) is 6.55. The van der Waals surface area contributed by atoms with Gasteiger partial charge in [0.05, 0.1) is 0 Å². The molecule has 2 N–H and O–H groups in total. The zero-order valence-corrected chi connectivity index (χ0v) is 21.0. The van der Waals surface area contributed by atoms with Crippen LogP contribution in [0.25, 0.3) is 0 Å². The van der Waals surface area contributed by atoms with Gasteiger partial charge < -0.3 is 5.32 Å². The van der Waals surface area contributed by atoms with Crippen molar-refractivity contribution in [1.82, 2.24) is 9.62 Å². The van der Waals surface area contributed by atoms with Gasteiger partial charge in [-0.25, -0.2) is 17.9 Å². The number of nitrogens with one attached hydrogen (secondary N) is 2. The van der Waals surface area contributed by atoms with Crippen LogP contribution in [0.15, 0.2) is 6.07 Å². The number of carbonyl (C=O) groups is 1. The number of rotatable bonds is 4. The standard InChI is InChI=1S/C19H25N3O3S2.K/c23-19(21-27(24,25)15-8-22(9-15)14-10-26-11-14)20-18-16-5-1-3-12(16)7-13-4-2-6-17(13)18;/h7,14-15H,1-6,8-11H2,(H2,20,21,23);. The van der Waals surface area contributed by atoms with Gasteiger partial charge in [-0.1, -0.05) is 6.07 Å². The van der Waals surface area contributed by atoms with Crippen LogP contribution in [-0.2, 0) is 35.7 Å². The molecule has 28 heavy (non-hydrogen) atoms. The van der Waals surface area contributed by atoms with E-state index in [1.165, 1.54) is 22.3 Å². The fourth-order valence-electron chi connectivity index (χ4n) is 4.72. The van der Waals surface area contributed by atoms with Crippen molar-refractivity contribution in [2.24, 2.45) is 0 Å². The molecule has 0 saturated carbocycles. The van der Waals surface area contributed by atoms with Crippen LogP contribution in [-0.4, -0.2) is 107 Å². The van der Waals surface area contributed by atoms with E-state index < -0.39 is 21.3 Å². The maximum Gasteiger partial charge on any atom is 0.332 e. The molecule has 1 aromatic carbocycles. The average Bonchev–Trinajstić information content (AvgIpc) is 3.15. The minimum atomic E-state index is -3.63. The van der Waals surface area contributed by atoms with Crippen molar-refractivity contribution in [2.45, 2.75) is 49.8 Å². The third-order valence-electron chi connectivity index (χ3n) is 6.40. The predicted molar refractivity (Wildman–Crippen MR) is 114 cm³/mol. The summed E-state index contributed by atoms with van der Waals surface area (Å²) in [4.78, 5) is 14.7. The molecule has 147 valence electrons. The van der Waals surface area contributed by atoms with Crippen molar-refractivity contribution < 1.29 is 13.2 Å². The average molecular weight is 447 g/mol. The topological polar surface area (TPSA) is 78.5 Å². The van der Waals surface area contributed by atoms with Crippen molar-refractivity contribution in [3.8, 4) is 0 Å².